The van der Waals surface area contributed by atoms with Gasteiger partial charge >= 0.3 is 29.6 Å². The molecule has 0 spiro atoms. The molecule has 0 aliphatic rings. The first-order chi connectivity index (χ1) is 11.4. The van der Waals surface area contributed by atoms with Crippen molar-refractivity contribution >= 4 is 10.1 Å². The predicted octanol–water partition coefficient (Wildman–Crippen LogP) is 2.16. The summed E-state index contributed by atoms with van der Waals surface area (Å²) in [6, 6.07) is 0. The van der Waals surface area contributed by atoms with E-state index in [0.717, 1.165) is 51.4 Å². The molecule has 0 saturated heterocycles. The molecule has 0 amide bonds. The average Bonchev–Trinajstić information content (AvgIpc) is 2.52. The summed E-state index contributed by atoms with van der Waals surface area (Å²) < 4.78 is 32.9. The van der Waals surface area contributed by atoms with Crippen molar-refractivity contribution < 1.29 is 47.6 Å². The van der Waals surface area contributed by atoms with Gasteiger partial charge in [-0.2, -0.15) is 0 Å². The van der Waals surface area contributed by atoms with Crippen LogP contribution in [0.25, 0.3) is 0 Å². The second-order valence-corrected chi connectivity index (χ2v) is 8.73. The second-order valence-electron chi connectivity index (χ2n) is 7.08. The van der Waals surface area contributed by atoms with Gasteiger partial charge in [-0.25, -0.2) is 8.42 Å². The Hall–Kier alpha value is 0.870. The Bertz CT molecular complexity index is 374. The summed E-state index contributed by atoms with van der Waals surface area (Å²) >= 11 is 0. The largest absolute Gasteiger partial charge is 1.00 e. The van der Waals surface area contributed by atoms with Crippen molar-refractivity contribution in [3.63, 3.8) is 0 Å². The number of hydrogen-bond acceptors (Lipinski definition) is 4. The van der Waals surface area contributed by atoms with E-state index in [1.165, 1.54) is 32.1 Å². The number of aliphatic hydroxyl groups excluding tert-OH is 1. The summed E-state index contributed by atoms with van der Waals surface area (Å²) in [4.78, 5) is 0. The molecule has 0 aromatic carbocycles. The summed E-state index contributed by atoms with van der Waals surface area (Å²) in [7, 11) is -4.10. The molecule has 0 bridgehead atoms. The summed E-state index contributed by atoms with van der Waals surface area (Å²) in [5, 5.41) is 9.06. The number of rotatable bonds is 17. The molecule has 1 N–H and O–H groups in total. The molecular formula is C19H39NaO4S. The number of unbranched alkanes of at least 4 members (excludes halogenated alkanes) is 9. The number of hydrogen-bond donors (Lipinski definition) is 1. The summed E-state index contributed by atoms with van der Waals surface area (Å²) in [6.07, 6.45) is 15.3. The fourth-order valence-electron chi connectivity index (χ4n) is 3.13. The zero-order chi connectivity index (χ0) is 18.3. The van der Waals surface area contributed by atoms with Crippen LogP contribution in [-0.2, 0) is 10.1 Å². The van der Waals surface area contributed by atoms with Gasteiger partial charge in [0.1, 0.15) is 0 Å². The zero-order valence-electron chi connectivity index (χ0n) is 16.8. The maximum atomic E-state index is 11.0. The molecule has 0 heterocycles. The Morgan fingerprint density at radius 3 is 1.56 bits per heavy atom. The minimum atomic E-state index is -4.10. The molecule has 146 valence electrons. The molecular weight excluding hydrogens is 347 g/mol. The smallest absolute Gasteiger partial charge is 0.748 e. The van der Waals surface area contributed by atoms with Crippen LogP contribution in [0.3, 0.4) is 0 Å². The molecule has 4 nitrogen and oxygen atoms in total. The Morgan fingerprint density at radius 1 is 0.760 bits per heavy atom. The minimum Gasteiger partial charge on any atom is -0.748 e. The van der Waals surface area contributed by atoms with Gasteiger partial charge in [0.25, 0.3) is 0 Å². The van der Waals surface area contributed by atoms with E-state index in [4.69, 9.17) is 0 Å². The van der Waals surface area contributed by atoms with Crippen LogP contribution < -0.4 is 29.6 Å². The monoisotopic (exact) mass is 386 g/mol. The van der Waals surface area contributed by atoms with Gasteiger partial charge < -0.3 is 9.66 Å². The molecule has 2 atom stereocenters. The number of aliphatic hydroxyl groups is 1. The minimum absolute atomic E-state index is 0. The average molecular weight is 387 g/mol. The van der Waals surface area contributed by atoms with E-state index in [2.05, 4.69) is 6.92 Å². The Labute approximate surface area is 178 Å². The maximum absolute atomic E-state index is 11.0. The van der Waals surface area contributed by atoms with Crippen molar-refractivity contribution in [2.45, 2.75) is 122 Å². The van der Waals surface area contributed by atoms with Crippen LogP contribution in [0, 0.1) is 0 Å². The quantitative estimate of drug-likeness (QED) is 0.236. The van der Waals surface area contributed by atoms with Crippen LogP contribution in [0.4, 0.5) is 0 Å². The fraction of sp³-hybridized carbons (Fsp3) is 1.00. The topological polar surface area (TPSA) is 77.4 Å². The molecule has 2 unspecified atom stereocenters. The third-order valence-corrected chi connectivity index (χ3v) is 6.20. The van der Waals surface area contributed by atoms with Crippen molar-refractivity contribution in [3.8, 4) is 0 Å². The molecule has 0 aliphatic heterocycles. The van der Waals surface area contributed by atoms with Gasteiger partial charge in [0.05, 0.1) is 16.2 Å². The third kappa shape index (κ3) is 18.0. The normalized spacial score (nSPS) is 14.1. The van der Waals surface area contributed by atoms with E-state index in [9.17, 15) is 18.1 Å². The first-order valence-electron chi connectivity index (χ1n) is 10.0. The van der Waals surface area contributed by atoms with Gasteiger partial charge in [0.15, 0.2) is 0 Å². The Morgan fingerprint density at radius 2 is 1.16 bits per heavy atom. The molecule has 0 radical (unpaired) electrons. The van der Waals surface area contributed by atoms with Gasteiger partial charge in [-0.3, -0.25) is 0 Å². The van der Waals surface area contributed by atoms with Crippen LogP contribution in [0.2, 0.25) is 0 Å². The van der Waals surface area contributed by atoms with Gasteiger partial charge in [-0.1, -0.05) is 84.5 Å². The molecule has 0 aromatic rings. The van der Waals surface area contributed by atoms with Gasteiger partial charge in [0.2, 0.25) is 0 Å². The van der Waals surface area contributed by atoms with Crippen LogP contribution in [0.15, 0.2) is 0 Å². The molecule has 0 aromatic heterocycles. The first kappa shape index (κ1) is 28.1. The van der Waals surface area contributed by atoms with E-state index < -0.39 is 15.4 Å². The van der Waals surface area contributed by atoms with Crippen LogP contribution in [-0.4, -0.2) is 29.4 Å². The van der Waals surface area contributed by atoms with Crippen molar-refractivity contribution in [3.05, 3.63) is 0 Å². The Balaban J connectivity index is 0. The van der Waals surface area contributed by atoms with Gasteiger partial charge in [-0.15, -0.1) is 0 Å². The molecule has 25 heavy (non-hydrogen) atoms. The molecule has 0 aliphatic carbocycles. The van der Waals surface area contributed by atoms with Gasteiger partial charge in [-0.05, 0) is 25.7 Å². The first-order valence-corrected chi connectivity index (χ1v) is 11.5. The summed E-state index contributed by atoms with van der Waals surface area (Å²) in [6.45, 7) is 3.92. The van der Waals surface area contributed by atoms with Crippen molar-refractivity contribution in [2.75, 3.05) is 0 Å². The fourth-order valence-corrected chi connectivity index (χ4v) is 3.99. The standard InChI is InChI=1S/C19H40O4S.Na/c1-3-5-15-18(20)16-13-11-9-7-6-8-10-12-14-17-19(4-2)24(21,22)23;/h18-20H,3-17H2,1-2H3,(H,21,22,23);/q;+1/p-1. The van der Waals surface area contributed by atoms with Crippen molar-refractivity contribution in [1.82, 2.24) is 0 Å². The molecule has 0 rings (SSSR count). The molecule has 6 heteroatoms. The maximum Gasteiger partial charge on any atom is 1.00 e. The van der Waals surface area contributed by atoms with E-state index in [0.29, 0.717) is 12.8 Å². The molecule has 0 fully saturated rings. The molecule has 0 saturated carbocycles. The summed E-state index contributed by atoms with van der Waals surface area (Å²) in [5.74, 6) is 0. The zero-order valence-corrected chi connectivity index (χ0v) is 19.7. The van der Waals surface area contributed by atoms with E-state index in [-0.39, 0.29) is 35.7 Å². The Kier molecular flexibility index (Phi) is 20.5. The van der Waals surface area contributed by atoms with Crippen molar-refractivity contribution in [1.29, 1.82) is 0 Å². The van der Waals surface area contributed by atoms with Crippen molar-refractivity contribution in [2.24, 2.45) is 0 Å². The third-order valence-electron chi connectivity index (χ3n) is 4.82. The van der Waals surface area contributed by atoms with Crippen LogP contribution >= 0.6 is 0 Å². The summed E-state index contributed by atoms with van der Waals surface area (Å²) in [5.41, 5.74) is 0. The van der Waals surface area contributed by atoms with E-state index >= 15 is 0 Å². The van der Waals surface area contributed by atoms with E-state index in [1.807, 2.05) is 0 Å². The predicted molar refractivity (Wildman–Crippen MR) is 100 cm³/mol. The van der Waals surface area contributed by atoms with Crippen LogP contribution in [0.1, 0.15) is 110 Å². The SMILES string of the molecule is CCCCC(O)CCCCCCCCCCCC(CC)S(=O)(=O)[O-].[Na+]. The van der Waals surface area contributed by atoms with Crippen LogP contribution in [0.5, 0.6) is 0 Å². The second kappa shape index (κ2) is 18.2. The van der Waals surface area contributed by atoms with Gasteiger partial charge in [0, 0.05) is 5.25 Å². The van der Waals surface area contributed by atoms with E-state index in [1.54, 1.807) is 6.92 Å².